The summed E-state index contributed by atoms with van der Waals surface area (Å²) in [4.78, 5) is 32.3. The maximum atomic E-state index is 13.7. The van der Waals surface area contributed by atoms with Gasteiger partial charge in [0.2, 0.25) is 10.0 Å². The first-order chi connectivity index (χ1) is 20.2. The van der Waals surface area contributed by atoms with E-state index in [2.05, 4.69) is 35.5 Å². The van der Waals surface area contributed by atoms with Crippen LogP contribution in [-0.4, -0.2) is 67.1 Å². The number of hydrogen-bond acceptors (Lipinski definition) is 6. The number of rotatable bonds is 13. The first-order valence-electron chi connectivity index (χ1n) is 14.1. The van der Waals surface area contributed by atoms with Crippen molar-refractivity contribution in [2.24, 2.45) is 0 Å². The lowest BCUT2D eigenvalue weighted by Gasteiger charge is -2.28. The van der Waals surface area contributed by atoms with Gasteiger partial charge in [-0.25, -0.2) is 8.42 Å². The number of thiophene rings is 1. The van der Waals surface area contributed by atoms with Crippen molar-refractivity contribution in [3.8, 4) is 0 Å². The van der Waals surface area contributed by atoms with Crippen LogP contribution in [0.15, 0.2) is 84.8 Å². The molecule has 222 valence electrons. The Bertz CT molecular complexity index is 1520. The molecule has 8 nitrogen and oxygen atoms in total. The number of nitrogens with one attached hydrogen (secondary N) is 1. The second kappa shape index (κ2) is 14.1. The third kappa shape index (κ3) is 6.90. The zero-order valence-electron chi connectivity index (χ0n) is 24.2. The summed E-state index contributed by atoms with van der Waals surface area (Å²) in [6.07, 6.45) is 3.75. The van der Waals surface area contributed by atoms with Crippen molar-refractivity contribution in [1.82, 2.24) is 14.1 Å². The van der Waals surface area contributed by atoms with Crippen molar-refractivity contribution in [1.29, 1.82) is 0 Å². The van der Waals surface area contributed by atoms with E-state index in [1.807, 2.05) is 32.0 Å². The molecule has 0 bridgehead atoms. The molecule has 3 aromatic rings. The quantitative estimate of drug-likeness (QED) is 0.263. The van der Waals surface area contributed by atoms with E-state index in [4.69, 9.17) is 0 Å². The number of benzene rings is 2. The predicted octanol–water partition coefficient (Wildman–Crippen LogP) is 5.40. The molecule has 0 aliphatic carbocycles. The minimum absolute atomic E-state index is 0.0743. The number of hydrogen-bond donors (Lipinski definition) is 1. The smallest absolute Gasteiger partial charge is 0.257 e. The molecule has 1 aliphatic heterocycles. The first-order valence-corrected chi connectivity index (χ1v) is 16.3. The zero-order valence-corrected chi connectivity index (χ0v) is 25.8. The minimum atomic E-state index is -3.78. The molecule has 4 rings (SSSR count). The Hall–Kier alpha value is -3.57. The Balaban J connectivity index is 1.60. The van der Waals surface area contributed by atoms with Crippen LogP contribution < -0.4 is 5.32 Å². The Morgan fingerprint density at radius 1 is 1.00 bits per heavy atom. The van der Waals surface area contributed by atoms with Gasteiger partial charge in [-0.05, 0) is 55.7 Å². The lowest BCUT2D eigenvalue weighted by atomic mass is 10.0. The van der Waals surface area contributed by atoms with E-state index >= 15 is 0 Å². The fourth-order valence-electron chi connectivity index (χ4n) is 5.08. The number of carbonyl (C=O) groups is 2. The van der Waals surface area contributed by atoms with Gasteiger partial charge in [0.05, 0.1) is 10.5 Å². The summed E-state index contributed by atoms with van der Waals surface area (Å²) in [6.45, 7) is 14.9. The third-order valence-electron chi connectivity index (χ3n) is 7.30. The summed E-state index contributed by atoms with van der Waals surface area (Å²) in [7, 11) is -3.78. The standard InChI is InChI=1S/C32H38N4O4S2/c1-5-19-36(20-6-2)42(39,40)26-16-14-25(15-17-26)30(37)33-31-29(32(38)35(7-3)8-4)27-18-21-34(23-28(27)41-31)22-24-12-10-9-11-13-24/h5-6,9-17H,1-2,7-8,18-23H2,3-4H3,(H,33,37). The molecule has 0 atom stereocenters. The number of sulfonamides is 1. The maximum absolute atomic E-state index is 13.7. The SMILES string of the molecule is C=CCN(CC=C)S(=O)(=O)c1ccc(C(=O)Nc2sc3c(c2C(=O)N(CC)CC)CCN(Cc2ccccc2)C3)cc1. The fraction of sp³-hybridized carbons (Fsp3) is 0.312. The molecule has 1 N–H and O–H groups in total. The molecule has 0 radical (unpaired) electrons. The van der Waals surface area contributed by atoms with Crippen LogP contribution in [0.2, 0.25) is 0 Å². The molecule has 2 amide bonds. The zero-order chi connectivity index (χ0) is 30.3. The summed E-state index contributed by atoms with van der Waals surface area (Å²) in [6, 6.07) is 16.1. The average molecular weight is 607 g/mol. The Morgan fingerprint density at radius 2 is 1.64 bits per heavy atom. The molecule has 0 fully saturated rings. The molecule has 42 heavy (non-hydrogen) atoms. The molecule has 1 aromatic heterocycles. The van der Waals surface area contributed by atoms with E-state index < -0.39 is 15.9 Å². The second-order valence-electron chi connectivity index (χ2n) is 10.0. The van der Waals surface area contributed by atoms with Gasteiger partial charge >= 0.3 is 0 Å². The molecule has 2 heterocycles. The van der Waals surface area contributed by atoms with Gasteiger partial charge in [-0.15, -0.1) is 24.5 Å². The van der Waals surface area contributed by atoms with Gasteiger partial charge in [-0.2, -0.15) is 4.31 Å². The number of anilines is 1. The molecule has 1 aliphatic rings. The maximum Gasteiger partial charge on any atom is 0.257 e. The van der Waals surface area contributed by atoms with Crippen LogP contribution in [0.4, 0.5) is 5.00 Å². The lowest BCUT2D eigenvalue weighted by Crippen LogP contribution is -2.33. The predicted molar refractivity (Wildman–Crippen MR) is 169 cm³/mol. The van der Waals surface area contributed by atoms with Crippen LogP contribution in [0.1, 0.15) is 50.6 Å². The number of fused-ring (bicyclic) bond motifs is 1. The molecular weight excluding hydrogens is 569 g/mol. The molecule has 10 heteroatoms. The normalized spacial score (nSPS) is 13.4. The average Bonchev–Trinajstić information content (AvgIpc) is 3.35. The van der Waals surface area contributed by atoms with Gasteiger partial charge in [0.15, 0.2) is 0 Å². The topological polar surface area (TPSA) is 90.0 Å². The highest BCUT2D eigenvalue weighted by atomic mass is 32.2. The van der Waals surface area contributed by atoms with Crippen molar-refractivity contribution in [3.05, 3.63) is 107 Å². The summed E-state index contributed by atoms with van der Waals surface area (Å²) in [5.74, 6) is -0.489. The summed E-state index contributed by atoms with van der Waals surface area (Å²) in [5, 5.41) is 3.51. The van der Waals surface area contributed by atoms with Crippen molar-refractivity contribution in [2.75, 3.05) is 38.0 Å². The van der Waals surface area contributed by atoms with Crippen LogP contribution >= 0.6 is 11.3 Å². The van der Waals surface area contributed by atoms with Crippen LogP contribution in [0, 0.1) is 0 Å². The van der Waals surface area contributed by atoms with E-state index in [0.717, 1.165) is 30.0 Å². The van der Waals surface area contributed by atoms with Crippen molar-refractivity contribution in [2.45, 2.75) is 38.3 Å². The van der Waals surface area contributed by atoms with Crippen LogP contribution in [0.25, 0.3) is 0 Å². The van der Waals surface area contributed by atoms with Crippen LogP contribution in [0.5, 0.6) is 0 Å². The van der Waals surface area contributed by atoms with Crippen molar-refractivity contribution < 1.29 is 18.0 Å². The first kappa shape index (κ1) is 31.4. The van der Waals surface area contributed by atoms with Gasteiger partial charge in [0.25, 0.3) is 11.8 Å². The van der Waals surface area contributed by atoms with Crippen molar-refractivity contribution >= 4 is 38.2 Å². The van der Waals surface area contributed by atoms with E-state index in [-0.39, 0.29) is 23.9 Å². The third-order valence-corrected chi connectivity index (χ3v) is 10.3. The highest BCUT2D eigenvalue weighted by Crippen LogP contribution is 2.38. The molecule has 0 unspecified atom stereocenters. The lowest BCUT2D eigenvalue weighted by molar-refractivity contribution is 0.0772. The van der Waals surface area contributed by atoms with Gasteiger partial charge in [0, 0.05) is 56.3 Å². The van der Waals surface area contributed by atoms with Crippen LogP contribution in [0.3, 0.4) is 0 Å². The Labute approximate surface area is 253 Å². The summed E-state index contributed by atoms with van der Waals surface area (Å²) in [5.41, 5.74) is 3.09. The summed E-state index contributed by atoms with van der Waals surface area (Å²) < 4.78 is 27.4. The largest absolute Gasteiger partial charge is 0.339 e. The van der Waals surface area contributed by atoms with Gasteiger partial charge < -0.3 is 10.2 Å². The van der Waals surface area contributed by atoms with Gasteiger partial charge in [-0.3, -0.25) is 14.5 Å². The Morgan fingerprint density at radius 3 is 2.24 bits per heavy atom. The van der Waals surface area contributed by atoms with Gasteiger partial charge in [-0.1, -0.05) is 42.5 Å². The minimum Gasteiger partial charge on any atom is -0.339 e. The molecular formula is C32H38N4O4S2. The monoisotopic (exact) mass is 606 g/mol. The van der Waals surface area contributed by atoms with E-state index in [1.54, 1.807) is 4.90 Å². The highest BCUT2D eigenvalue weighted by molar-refractivity contribution is 7.89. The summed E-state index contributed by atoms with van der Waals surface area (Å²) >= 11 is 1.45. The fourth-order valence-corrected chi connectivity index (χ4v) is 7.74. The van der Waals surface area contributed by atoms with E-state index in [9.17, 15) is 18.0 Å². The molecule has 0 saturated heterocycles. The van der Waals surface area contributed by atoms with Crippen LogP contribution in [-0.2, 0) is 29.5 Å². The second-order valence-corrected chi connectivity index (χ2v) is 13.1. The molecule has 0 saturated carbocycles. The van der Waals surface area contributed by atoms with Gasteiger partial charge in [0.1, 0.15) is 5.00 Å². The number of amides is 2. The molecule has 0 spiro atoms. The number of nitrogens with zero attached hydrogens (tertiary/aromatic N) is 3. The Kier molecular flexibility index (Phi) is 10.5. The molecule has 2 aromatic carbocycles. The van der Waals surface area contributed by atoms with E-state index in [0.29, 0.717) is 35.8 Å². The van der Waals surface area contributed by atoms with Crippen molar-refractivity contribution in [3.63, 3.8) is 0 Å². The number of carbonyl (C=O) groups excluding carboxylic acids is 2. The highest BCUT2D eigenvalue weighted by Gasteiger charge is 2.31. The van der Waals surface area contributed by atoms with E-state index in [1.165, 1.54) is 57.6 Å².